The molecule has 1 saturated heterocycles. The quantitative estimate of drug-likeness (QED) is 0.613. The van der Waals surface area contributed by atoms with Crippen LogP contribution < -0.4 is 15.2 Å². The van der Waals surface area contributed by atoms with Gasteiger partial charge in [0, 0.05) is 25.3 Å². The summed E-state index contributed by atoms with van der Waals surface area (Å²) in [6.45, 7) is 1.62. The number of sulfonamides is 1. The van der Waals surface area contributed by atoms with Crippen molar-refractivity contribution in [3.8, 4) is 5.75 Å². The average Bonchev–Trinajstić information content (AvgIpc) is 2.53. The van der Waals surface area contributed by atoms with Crippen molar-refractivity contribution in [3.63, 3.8) is 0 Å². The Hall–Kier alpha value is -1.91. The normalized spacial score (nSPS) is 21.9. The van der Waals surface area contributed by atoms with Crippen LogP contribution in [0.3, 0.4) is 0 Å². The Morgan fingerprint density at radius 3 is 2.61 bits per heavy atom. The molecule has 10 heteroatoms. The zero-order valence-corrected chi connectivity index (χ0v) is 13.0. The van der Waals surface area contributed by atoms with Gasteiger partial charge in [-0.25, -0.2) is 13.6 Å². The van der Waals surface area contributed by atoms with E-state index in [1.165, 1.54) is 6.07 Å². The summed E-state index contributed by atoms with van der Waals surface area (Å²) in [5.74, 6) is 0.418. The molecule has 1 fully saturated rings. The van der Waals surface area contributed by atoms with Crippen molar-refractivity contribution < 1.29 is 22.8 Å². The molecular weight excluding hydrogens is 326 g/mol. The Bertz CT molecular complexity index is 729. The predicted molar refractivity (Wildman–Crippen MR) is 80.9 cm³/mol. The van der Waals surface area contributed by atoms with Gasteiger partial charge in [0.15, 0.2) is 11.4 Å². The van der Waals surface area contributed by atoms with Crippen LogP contribution in [0.15, 0.2) is 17.0 Å². The van der Waals surface area contributed by atoms with Crippen molar-refractivity contribution >= 4 is 21.4 Å². The highest BCUT2D eigenvalue weighted by atomic mass is 32.2. The number of nitrogens with zero attached hydrogens (tertiary/aromatic N) is 1. The van der Waals surface area contributed by atoms with E-state index in [0.717, 1.165) is 18.9 Å². The SMILES string of the molecule is NS(=O)(=O)c1cc2c(c([N+](=O)[O-])c1)N[C@H](C1CCOCC1)CO2. The number of fused-ring (bicyclic) bond motifs is 1. The van der Waals surface area contributed by atoms with Crippen LogP contribution in [-0.2, 0) is 14.8 Å². The maximum atomic E-state index is 11.5. The van der Waals surface area contributed by atoms with Gasteiger partial charge in [0.25, 0.3) is 5.69 Å². The Balaban J connectivity index is 1.96. The fourth-order valence-corrected chi connectivity index (χ4v) is 3.47. The van der Waals surface area contributed by atoms with Crippen molar-refractivity contribution in [2.45, 2.75) is 23.8 Å². The molecule has 126 valence electrons. The molecule has 0 amide bonds. The van der Waals surface area contributed by atoms with Gasteiger partial charge in [-0.15, -0.1) is 0 Å². The van der Waals surface area contributed by atoms with E-state index in [9.17, 15) is 18.5 Å². The van der Waals surface area contributed by atoms with Gasteiger partial charge in [-0.3, -0.25) is 10.1 Å². The third-order valence-electron chi connectivity index (χ3n) is 4.16. The van der Waals surface area contributed by atoms with E-state index in [4.69, 9.17) is 14.6 Å². The molecule has 0 spiro atoms. The minimum Gasteiger partial charge on any atom is -0.489 e. The van der Waals surface area contributed by atoms with Gasteiger partial charge >= 0.3 is 0 Å². The average molecular weight is 343 g/mol. The molecule has 0 bridgehead atoms. The van der Waals surface area contributed by atoms with E-state index in [-0.39, 0.29) is 34.0 Å². The molecule has 2 aliphatic rings. The molecular formula is C13H17N3O6S. The highest BCUT2D eigenvalue weighted by molar-refractivity contribution is 7.89. The van der Waals surface area contributed by atoms with E-state index in [0.29, 0.717) is 19.8 Å². The first-order valence-electron chi connectivity index (χ1n) is 7.18. The van der Waals surface area contributed by atoms with Crippen LogP contribution in [0.5, 0.6) is 5.75 Å². The summed E-state index contributed by atoms with van der Waals surface area (Å²) < 4.78 is 33.8. The van der Waals surface area contributed by atoms with Gasteiger partial charge in [-0.1, -0.05) is 0 Å². The summed E-state index contributed by atoms with van der Waals surface area (Å²) in [4.78, 5) is 10.3. The molecule has 1 aromatic carbocycles. The Morgan fingerprint density at radius 1 is 1.30 bits per heavy atom. The first kappa shape index (κ1) is 16.0. The summed E-state index contributed by atoms with van der Waals surface area (Å²) in [7, 11) is -4.06. The van der Waals surface area contributed by atoms with E-state index in [2.05, 4.69) is 5.32 Å². The number of hydrogen-bond acceptors (Lipinski definition) is 7. The monoisotopic (exact) mass is 343 g/mol. The Morgan fingerprint density at radius 2 is 2.00 bits per heavy atom. The second-order valence-electron chi connectivity index (χ2n) is 5.63. The largest absolute Gasteiger partial charge is 0.489 e. The molecule has 0 aliphatic carbocycles. The fraction of sp³-hybridized carbons (Fsp3) is 0.538. The highest BCUT2D eigenvalue weighted by Gasteiger charge is 2.33. The van der Waals surface area contributed by atoms with Crippen LogP contribution in [-0.4, -0.2) is 39.2 Å². The smallest absolute Gasteiger partial charge is 0.297 e. The van der Waals surface area contributed by atoms with E-state index < -0.39 is 14.9 Å². The van der Waals surface area contributed by atoms with Crippen LogP contribution in [0.25, 0.3) is 0 Å². The van der Waals surface area contributed by atoms with E-state index >= 15 is 0 Å². The lowest BCUT2D eigenvalue weighted by atomic mass is 9.91. The lowest BCUT2D eigenvalue weighted by Crippen LogP contribution is -2.40. The standard InChI is InChI=1S/C13H17N3O6S/c14-23(19,20)9-5-11(16(17)18)13-12(6-9)22-7-10(15-13)8-1-3-21-4-2-8/h5-6,8,10,15H,1-4,7H2,(H2,14,19,20)/t10-/m0/s1. The number of nitrogens with one attached hydrogen (secondary N) is 1. The molecule has 1 aromatic rings. The third kappa shape index (κ3) is 3.23. The molecule has 3 N–H and O–H groups in total. The van der Waals surface area contributed by atoms with Gasteiger partial charge in [-0.05, 0) is 18.8 Å². The Labute approximate surface area is 133 Å². The molecule has 9 nitrogen and oxygen atoms in total. The van der Waals surface area contributed by atoms with Gasteiger partial charge in [0.1, 0.15) is 6.61 Å². The van der Waals surface area contributed by atoms with Crippen molar-refractivity contribution in [3.05, 3.63) is 22.2 Å². The zero-order chi connectivity index (χ0) is 16.6. The maximum Gasteiger partial charge on any atom is 0.297 e. The second-order valence-corrected chi connectivity index (χ2v) is 7.19. The lowest BCUT2D eigenvalue weighted by molar-refractivity contribution is -0.384. The van der Waals surface area contributed by atoms with Crippen molar-refractivity contribution in [1.29, 1.82) is 0 Å². The van der Waals surface area contributed by atoms with Crippen molar-refractivity contribution in [2.24, 2.45) is 11.1 Å². The molecule has 0 radical (unpaired) electrons. The van der Waals surface area contributed by atoms with Crippen LogP contribution in [0.4, 0.5) is 11.4 Å². The third-order valence-corrected chi connectivity index (χ3v) is 5.06. The van der Waals surface area contributed by atoms with Gasteiger partial charge in [0.05, 0.1) is 15.9 Å². The molecule has 0 unspecified atom stereocenters. The van der Waals surface area contributed by atoms with E-state index in [1.54, 1.807) is 0 Å². The molecule has 1 atom stereocenters. The number of anilines is 1. The lowest BCUT2D eigenvalue weighted by Gasteiger charge is -2.35. The number of nitro benzene ring substituents is 1. The predicted octanol–water partition coefficient (Wildman–Crippen LogP) is 0.842. The van der Waals surface area contributed by atoms with Crippen LogP contribution >= 0.6 is 0 Å². The number of ether oxygens (including phenoxy) is 2. The number of benzene rings is 1. The fourth-order valence-electron chi connectivity index (χ4n) is 2.92. The number of nitrogens with two attached hydrogens (primary N) is 1. The second kappa shape index (κ2) is 5.95. The first-order valence-corrected chi connectivity index (χ1v) is 8.73. The van der Waals surface area contributed by atoms with Gasteiger partial charge < -0.3 is 14.8 Å². The molecule has 0 saturated carbocycles. The number of rotatable bonds is 3. The van der Waals surface area contributed by atoms with Gasteiger partial charge in [-0.2, -0.15) is 0 Å². The summed E-state index contributed by atoms with van der Waals surface area (Å²) in [5.41, 5.74) is -0.159. The molecule has 0 aromatic heterocycles. The number of nitro groups is 1. The zero-order valence-electron chi connectivity index (χ0n) is 12.2. The van der Waals surface area contributed by atoms with Crippen molar-refractivity contribution in [2.75, 3.05) is 25.1 Å². The summed E-state index contributed by atoms with van der Waals surface area (Å²) >= 11 is 0. The maximum absolute atomic E-state index is 11.5. The number of hydrogen-bond donors (Lipinski definition) is 2. The minimum absolute atomic E-state index is 0.0783. The molecule has 23 heavy (non-hydrogen) atoms. The topological polar surface area (TPSA) is 134 Å². The van der Waals surface area contributed by atoms with Gasteiger partial charge in [0.2, 0.25) is 10.0 Å². The van der Waals surface area contributed by atoms with Crippen molar-refractivity contribution in [1.82, 2.24) is 0 Å². The van der Waals surface area contributed by atoms with Crippen LogP contribution in [0.1, 0.15) is 12.8 Å². The summed E-state index contributed by atoms with van der Waals surface area (Å²) in [6, 6.07) is 2.09. The minimum atomic E-state index is -4.06. The first-order chi connectivity index (χ1) is 10.9. The summed E-state index contributed by atoms with van der Waals surface area (Å²) in [6.07, 6.45) is 1.69. The molecule has 3 rings (SSSR count). The molecule has 2 heterocycles. The highest BCUT2D eigenvalue weighted by Crippen LogP contribution is 2.41. The van der Waals surface area contributed by atoms with Crippen LogP contribution in [0.2, 0.25) is 0 Å². The van der Waals surface area contributed by atoms with Crippen LogP contribution in [0, 0.1) is 16.0 Å². The summed E-state index contributed by atoms with van der Waals surface area (Å²) in [5, 5.41) is 19.5. The molecule has 2 aliphatic heterocycles. The Kier molecular flexibility index (Phi) is 4.13. The number of primary sulfonamides is 1. The van der Waals surface area contributed by atoms with E-state index in [1.807, 2.05) is 0 Å².